The van der Waals surface area contributed by atoms with E-state index in [9.17, 15) is 9.59 Å². The number of hydrogen-bond acceptors (Lipinski definition) is 4. The summed E-state index contributed by atoms with van der Waals surface area (Å²) in [5.74, 6) is 0.919. The van der Waals surface area contributed by atoms with Gasteiger partial charge in [-0.1, -0.05) is 30.3 Å². The molecule has 0 spiro atoms. The van der Waals surface area contributed by atoms with E-state index in [-0.39, 0.29) is 17.9 Å². The van der Waals surface area contributed by atoms with Gasteiger partial charge in [0.15, 0.2) is 0 Å². The predicted molar refractivity (Wildman–Crippen MR) is 111 cm³/mol. The SMILES string of the molecule is CNCC(=O)N1CCC(CCC(=O)N[C@@H]2CCN(Cc3ccccc3)C2)CC1. The Morgan fingerprint density at radius 3 is 2.54 bits per heavy atom. The van der Waals surface area contributed by atoms with Crippen molar-refractivity contribution >= 4 is 11.8 Å². The molecule has 2 fully saturated rings. The minimum Gasteiger partial charge on any atom is -0.352 e. The van der Waals surface area contributed by atoms with Crippen LogP contribution in [0.25, 0.3) is 0 Å². The lowest BCUT2D eigenvalue weighted by Gasteiger charge is -2.32. The Balaban J connectivity index is 1.30. The molecule has 2 amide bonds. The summed E-state index contributed by atoms with van der Waals surface area (Å²) >= 11 is 0. The second-order valence-corrected chi connectivity index (χ2v) is 8.17. The molecule has 2 aliphatic heterocycles. The lowest BCUT2D eigenvalue weighted by Crippen LogP contribution is -2.42. The number of rotatable bonds is 8. The highest BCUT2D eigenvalue weighted by atomic mass is 16.2. The summed E-state index contributed by atoms with van der Waals surface area (Å²) in [6.07, 6.45) is 4.59. The Hall–Kier alpha value is -1.92. The number of carbonyl (C=O) groups is 2. The zero-order chi connectivity index (χ0) is 19.8. The molecule has 0 saturated carbocycles. The number of likely N-dealkylation sites (N-methyl/N-ethyl adjacent to an activating group) is 1. The Bertz CT molecular complexity index is 629. The van der Waals surface area contributed by atoms with Crippen LogP contribution in [0, 0.1) is 5.92 Å². The highest BCUT2D eigenvalue weighted by Gasteiger charge is 2.25. The molecule has 28 heavy (non-hydrogen) atoms. The molecule has 1 atom stereocenters. The van der Waals surface area contributed by atoms with E-state index in [0.717, 1.165) is 58.4 Å². The average Bonchev–Trinajstić information content (AvgIpc) is 3.14. The van der Waals surface area contributed by atoms with Crippen molar-refractivity contribution in [3.05, 3.63) is 35.9 Å². The second-order valence-electron chi connectivity index (χ2n) is 8.17. The molecule has 2 N–H and O–H groups in total. The number of amides is 2. The monoisotopic (exact) mass is 386 g/mol. The molecular weight excluding hydrogens is 352 g/mol. The van der Waals surface area contributed by atoms with Gasteiger partial charge in [0.2, 0.25) is 11.8 Å². The molecule has 154 valence electrons. The number of piperidine rings is 1. The van der Waals surface area contributed by atoms with Gasteiger partial charge in [0, 0.05) is 45.2 Å². The fraction of sp³-hybridized carbons (Fsp3) is 0.636. The molecule has 3 rings (SSSR count). The van der Waals surface area contributed by atoms with Gasteiger partial charge in [-0.05, 0) is 44.2 Å². The summed E-state index contributed by atoms with van der Waals surface area (Å²) in [5, 5.41) is 6.14. The van der Waals surface area contributed by atoms with Crippen molar-refractivity contribution in [3.63, 3.8) is 0 Å². The fourth-order valence-corrected chi connectivity index (χ4v) is 4.30. The van der Waals surface area contributed by atoms with E-state index in [1.807, 2.05) is 11.0 Å². The van der Waals surface area contributed by atoms with E-state index in [2.05, 4.69) is 39.8 Å². The van der Waals surface area contributed by atoms with E-state index in [1.165, 1.54) is 5.56 Å². The predicted octanol–water partition coefficient (Wildman–Crippen LogP) is 1.62. The first-order valence-corrected chi connectivity index (χ1v) is 10.6. The largest absolute Gasteiger partial charge is 0.352 e. The van der Waals surface area contributed by atoms with Crippen LogP contribution in [0.1, 0.15) is 37.7 Å². The van der Waals surface area contributed by atoms with E-state index >= 15 is 0 Å². The van der Waals surface area contributed by atoms with Crippen LogP contribution >= 0.6 is 0 Å². The van der Waals surface area contributed by atoms with E-state index < -0.39 is 0 Å². The molecule has 0 radical (unpaired) electrons. The first-order chi connectivity index (χ1) is 13.6. The maximum Gasteiger partial charge on any atom is 0.236 e. The highest BCUT2D eigenvalue weighted by molar-refractivity contribution is 5.78. The first-order valence-electron chi connectivity index (χ1n) is 10.6. The molecule has 1 aromatic carbocycles. The molecular formula is C22H34N4O2. The third kappa shape index (κ3) is 6.31. The number of nitrogens with zero attached hydrogens (tertiary/aromatic N) is 2. The number of hydrogen-bond donors (Lipinski definition) is 2. The first kappa shape index (κ1) is 20.8. The summed E-state index contributed by atoms with van der Waals surface area (Å²) in [7, 11) is 1.80. The Morgan fingerprint density at radius 2 is 1.82 bits per heavy atom. The summed E-state index contributed by atoms with van der Waals surface area (Å²) < 4.78 is 0. The van der Waals surface area contributed by atoms with Crippen molar-refractivity contribution in [1.29, 1.82) is 0 Å². The molecule has 0 bridgehead atoms. The van der Waals surface area contributed by atoms with Crippen molar-refractivity contribution in [2.75, 3.05) is 39.8 Å². The summed E-state index contributed by atoms with van der Waals surface area (Å²) in [6.45, 7) is 4.99. The molecule has 0 aromatic heterocycles. The second kappa shape index (κ2) is 10.6. The van der Waals surface area contributed by atoms with Crippen molar-refractivity contribution in [2.24, 2.45) is 5.92 Å². The topological polar surface area (TPSA) is 64.7 Å². The van der Waals surface area contributed by atoms with Gasteiger partial charge in [-0.25, -0.2) is 0 Å². The molecule has 2 saturated heterocycles. The lowest BCUT2D eigenvalue weighted by molar-refractivity contribution is -0.131. The van der Waals surface area contributed by atoms with Gasteiger partial charge in [-0.15, -0.1) is 0 Å². The molecule has 0 aliphatic carbocycles. The number of nitrogens with one attached hydrogen (secondary N) is 2. The maximum atomic E-state index is 12.4. The van der Waals surface area contributed by atoms with Gasteiger partial charge >= 0.3 is 0 Å². The minimum absolute atomic E-state index is 0.181. The maximum absolute atomic E-state index is 12.4. The average molecular weight is 387 g/mol. The van der Waals surface area contributed by atoms with Gasteiger partial charge in [0.05, 0.1) is 6.54 Å². The van der Waals surface area contributed by atoms with Crippen LogP contribution < -0.4 is 10.6 Å². The Labute approximate surface area is 168 Å². The van der Waals surface area contributed by atoms with Crippen LogP contribution in [0.2, 0.25) is 0 Å². The van der Waals surface area contributed by atoms with Gasteiger partial charge in [-0.3, -0.25) is 14.5 Å². The third-order valence-electron chi connectivity index (χ3n) is 5.96. The van der Waals surface area contributed by atoms with Crippen LogP contribution in [0.15, 0.2) is 30.3 Å². The van der Waals surface area contributed by atoms with Gasteiger partial charge in [-0.2, -0.15) is 0 Å². The van der Waals surface area contributed by atoms with Crippen LogP contribution in [-0.2, 0) is 16.1 Å². The highest BCUT2D eigenvalue weighted by Crippen LogP contribution is 2.22. The number of benzene rings is 1. The van der Waals surface area contributed by atoms with Crippen molar-refractivity contribution < 1.29 is 9.59 Å². The quantitative estimate of drug-likeness (QED) is 0.713. The van der Waals surface area contributed by atoms with Gasteiger partial charge in [0.25, 0.3) is 0 Å². The van der Waals surface area contributed by atoms with Crippen LogP contribution in [0.4, 0.5) is 0 Å². The van der Waals surface area contributed by atoms with Crippen molar-refractivity contribution in [1.82, 2.24) is 20.4 Å². The van der Waals surface area contributed by atoms with Crippen molar-refractivity contribution in [2.45, 2.75) is 44.7 Å². The van der Waals surface area contributed by atoms with E-state index in [0.29, 0.717) is 18.9 Å². The number of carbonyl (C=O) groups excluding carboxylic acids is 2. The fourth-order valence-electron chi connectivity index (χ4n) is 4.30. The molecule has 6 nitrogen and oxygen atoms in total. The standard InChI is InChI=1S/C22H34N4O2/c1-23-15-22(28)26-13-9-18(10-14-26)7-8-21(27)24-20-11-12-25(17-20)16-19-5-3-2-4-6-19/h2-6,18,20,23H,7-17H2,1H3,(H,24,27)/t20-/m1/s1. The zero-order valence-corrected chi connectivity index (χ0v) is 17.0. The Morgan fingerprint density at radius 1 is 1.07 bits per heavy atom. The number of likely N-dealkylation sites (tertiary alicyclic amines) is 2. The van der Waals surface area contributed by atoms with Crippen molar-refractivity contribution in [3.8, 4) is 0 Å². The Kier molecular flexibility index (Phi) is 7.86. The van der Waals surface area contributed by atoms with E-state index in [1.54, 1.807) is 7.05 Å². The molecule has 6 heteroatoms. The van der Waals surface area contributed by atoms with Crippen LogP contribution in [-0.4, -0.2) is 67.4 Å². The normalized spacial score (nSPS) is 21.0. The van der Waals surface area contributed by atoms with Gasteiger partial charge in [0.1, 0.15) is 0 Å². The van der Waals surface area contributed by atoms with Gasteiger partial charge < -0.3 is 15.5 Å². The third-order valence-corrected chi connectivity index (χ3v) is 5.96. The summed E-state index contributed by atoms with van der Waals surface area (Å²) in [4.78, 5) is 28.6. The summed E-state index contributed by atoms with van der Waals surface area (Å²) in [5.41, 5.74) is 1.33. The van der Waals surface area contributed by atoms with Crippen LogP contribution in [0.3, 0.4) is 0 Å². The molecule has 2 aliphatic rings. The van der Waals surface area contributed by atoms with E-state index in [4.69, 9.17) is 0 Å². The minimum atomic E-state index is 0.181. The zero-order valence-electron chi connectivity index (χ0n) is 17.0. The van der Waals surface area contributed by atoms with Crippen LogP contribution in [0.5, 0.6) is 0 Å². The molecule has 2 heterocycles. The summed E-state index contributed by atoms with van der Waals surface area (Å²) in [6, 6.07) is 10.8. The molecule has 0 unspecified atom stereocenters. The molecule has 1 aromatic rings. The lowest BCUT2D eigenvalue weighted by atomic mass is 9.92. The smallest absolute Gasteiger partial charge is 0.236 e.